The van der Waals surface area contributed by atoms with Crippen LogP contribution in [0.3, 0.4) is 0 Å². The van der Waals surface area contributed by atoms with Crippen molar-refractivity contribution in [3.05, 3.63) is 48.3 Å². The quantitative estimate of drug-likeness (QED) is 0.765. The predicted molar refractivity (Wildman–Crippen MR) is 63.8 cm³/mol. The Morgan fingerprint density at radius 3 is 3.00 bits per heavy atom. The van der Waals surface area contributed by atoms with Gasteiger partial charge in [-0.2, -0.15) is 4.39 Å². The molecule has 3 heterocycles. The summed E-state index contributed by atoms with van der Waals surface area (Å²) >= 11 is 0. The zero-order valence-corrected chi connectivity index (χ0v) is 9.75. The molecule has 1 fully saturated rings. The molecule has 94 valence electrons. The molecule has 1 unspecified atom stereocenters. The topological polar surface area (TPSA) is 38.5 Å². The first kappa shape index (κ1) is 11.2. The first-order valence-electron chi connectivity index (χ1n) is 5.85. The molecular weight excluding hydrogens is 235 g/mol. The van der Waals surface area contributed by atoms with E-state index in [-0.39, 0.29) is 6.10 Å². The molecule has 0 amide bonds. The first-order chi connectivity index (χ1) is 8.83. The van der Waals surface area contributed by atoms with Crippen LogP contribution in [0.15, 0.2) is 41.0 Å². The summed E-state index contributed by atoms with van der Waals surface area (Å²) in [6.07, 6.45) is 1.50. The molecule has 0 bridgehead atoms. The Bertz CT molecular complexity index is 515. The van der Waals surface area contributed by atoms with E-state index in [0.29, 0.717) is 25.5 Å². The number of furan rings is 1. The van der Waals surface area contributed by atoms with Gasteiger partial charge in [0.1, 0.15) is 17.7 Å². The van der Waals surface area contributed by atoms with Gasteiger partial charge in [-0.15, -0.1) is 0 Å². The number of hydrogen-bond donors (Lipinski definition) is 0. The molecule has 0 aliphatic carbocycles. The number of hydrogen-bond acceptors (Lipinski definition) is 4. The third-order valence-electron chi connectivity index (χ3n) is 2.95. The van der Waals surface area contributed by atoms with Crippen LogP contribution >= 0.6 is 0 Å². The third-order valence-corrected chi connectivity index (χ3v) is 2.95. The molecule has 1 saturated heterocycles. The lowest BCUT2D eigenvalue weighted by molar-refractivity contribution is 0.0254. The number of halogens is 1. The van der Waals surface area contributed by atoms with E-state index in [1.54, 1.807) is 18.4 Å². The lowest BCUT2D eigenvalue weighted by atomic mass is 10.2. The van der Waals surface area contributed by atoms with Gasteiger partial charge < -0.3 is 14.1 Å². The summed E-state index contributed by atoms with van der Waals surface area (Å²) in [7, 11) is 0. The average molecular weight is 248 g/mol. The second-order valence-corrected chi connectivity index (χ2v) is 4.14. The Kier molecular flexibility index (Phi) is 2.98. The van der Waals surface area contributed by atoms with Crippen LogP contribution in [0.5, 0.6) is 0 Å². The average Bonchev–Trinajstić information content (AvgIpc) is 2.93. The zero-order valence-electron chi connectivity index (χ0n) is 9.75. The molecule has 2 aromatic heterocycles. The molecule has 0 spiro atoms. The number of rotatable bonds is 2. The summed E-state index contributed by atoms with van der Waals surface area (Å²) in [5.74, 6) is 0.958. The van der Waals surface area contributed by atoms with Gasteiger partial charge >= 0.3 is 0 Å². The van der Waals surface area contributed by atoms with Crippen molar-refractivity contribution < 1.29 is 13.5 Å². The Hall–Kier alpha value is -1.88. The summed E-state index contributed by atoms with van der Waals surface area (Å²) < 4.78 is 24.1. The summed E-state index contributed by atoms with van der Waals surface area (Å²) in [5.41, 5.74) is 0. The number of ether oxygens (including phenoxy) is 1. The van der Waals surface area contributed by atoms with E-state index in [9.17, 15) is 4.39 Å². The molecule has 1 aliphatic rings. The van der Waals surface area contributed by atoms with Gasteiger partial charge in [0.2, 0.25) is 5.95 Å². The van der Waals surface area contributed by atoms with Crippen molar-refractivity contribution in [3.63, 3.8) is 0 Å². The fraction of sp³-hybridized carbons (Fsp3) is 0.308. The molecule has 0 N–H and O–H groups in total. The maximum atomic E-state index is 13.1. The van der Waals surface area contributed by atoms with E-state index in [1.165, 1.54) is 6.07 Å². The largest absolute Gasteiger partial charge is 0.467 e. The van der Waals surface area contributed by atoms with E-state index in [0.717, 1.165) is 5.76 Å². The smallest absolute Gasteiger partial charge is 0.214 e. The maximum Gasteiger partial charge on any atom is 0.214 e. The number of morpholine rings is 1. The van der Waals surface area contributed by atoms with Crippen molar-refractivity contribution in [2.75, 3.05) is 24.6 Å². The van der Waals surface area contributed by atoms with Crippen LogP contribution in [0.25, 0.3) is 0 Å². The molecule has 1 aliphatic heterocycles. The Morgan fingerprint density at radius 2 is 2.22 bits per heavy atom. The molecular formula is C13H13FN2O2. The Labute approximate surface area is 104 Å². The Morgan fingerprint density at radius 1 is 1.28 bits per heavy atom. The van der Waals surface area contributed by atoms with E-state index >= 15 is 0 Å². The molecule has 1 atom stereocenters. The Balaban J connectivity index is 1.78. The van der Waals surface area contributed by atoms with Crippen LogP contribution in [0.4, 0.5) is 10.2 Å². The van der Waals surface area contributed by atoms with Crippen molar-refractivity contribution in [1.82, 2.24) is 4.98 Å². The highest BCUT2D eigenvalue weighted by Gasteiger charge is 2.24. The third kappa shape index (κ3) is 2.22. The van der Waals surface area contributed by atoms with Crippen LogP contribution in [0.2, 0.25) is 0 Å². The minimum Gasteiger partial charge on any atom is -0.467 e. The van der Waals surface area contributed by atoms with Crippen LogP contribution in [-0.4, -0.2) is 24.7 Å². The van der Waals surface area contributed by atoms with Gasteiger partial charge in [-0.1, -0.05) is 6.07 Å². The molecule has 0 radical (unpaired) electrons. The van der Waals surface area contributed by atoms with Crippen molar-refractivity contribution in [2.24, 2.45) is 0 Å². The number of nitrogens with zero attached hydrogens (tertiary/aromatic N) is 2. The SMILES string of the molecule is Fc1cccc(N2CCOC(c3ccco3)C2)n1. The number of aromatic nitrogens is 1. The normalized spacial score (nSPS) is 20.1. The molecule has 3 rings (SSSR count). The van der Waals surface area contributed by atoms with E-state index in [1.807, 2.05) is 17.0 Å². The maximum absolute atomic E-state index is 13.1. The second kappa shape index (κ2) is 4.78. The number of pyridine rings is 1. The number of anilines is 1. The van der Waals surface area contributed by atoms with Crippen molar-refractivity contribution in [1.29, 1.82) is 0 Å². The van der Waals surface area contributed by atoms with Crippen LogP contribution in [0.1, 0.15) is 11.9 Å². The van der Waals surface area contributed by atoms with E-state index < -0.39 is 5.95 Å². The molecule has 0 aromatic carbocycles. The van der Waals surface area contributed by atoms with Crippen molar-refractivity contribution in [3.8, 4) is 0 Å². The minimum atomic E-state index is -0.464. The lowest BCUT2D eigenvalue weighted by Gasteiger charge is -2.32. The van der Waals surface area contributed by atoms with Gasteiger partial charge in [0.25, 0.3) is 0 Å². The summed E-state index contributed by atoms with van der Waals surface area (Å²) in [6.45, 7) is 1.89. The molecule has 5 heteroatoms. The van der Waals surface area contributed by atoms with Crippen molar-refractivity contribution in [2.45, 2.75) is 6.10 Å². The summed E-state index contributed by atoms with van der Waals surface area (Å²) in [4.78, 5) is 5.89. The van der Waals surface area contributed by atoms with Crippen LogP contribution in [0, 0.1) is 5.95 Å². The first-order valence-corrected chi connectivity index (χ1v) is 5.85. The minimum absolute atomic E-state index is 0.126. The van der Waals surface area contributed by atoms with E-state index in [4.69, 9.17) is 9.15 Å². The van der Waals surface area contributed by atoms with Gasteiger partial charge in [0.05, 0.1) is 19.4 Å². The molecule has 2 aromatic rings. The lowest BCUT2D eigenvalue weighted by Crippen LogP contribution is -2.38. The fourth-order valence-corrected chi connectivity index (χ4v) is 2.08. The van der Waals surface area contributed by atoms with Gasteiger partial charge in [-0.25, -0.2) is 4.98 Å². The molecule has 18 heavy (non-hydrogen) atoms. The van der Waals surface area contributed by atoms with Crippen molar-refractivity contribution >= 4 is 5.82 Å². The van der Waals surface area contributed by atoms with Gasteiger partial charge in [-0.3, -0.25) is 0 Å². The predicted octanol–water partition coefficient (Wildman–Crippen LogP) is 2.39. The second-order valence-electron chi connectivity index (χ2n) is 4.14. The highest BCUT2D eigenvalue weighted by molar-refractivity contribution is 5.38. The van der Waals surface area contributed by atoms with E-state index in [2.05, 4.69) is 4.98 Å². The van der Waals surface area contributed by atoms with Gasteiger partial charge in [0, 0.05) is 6.54 Å². The zero-order chi connectivity index (χ0) is 12.4. The highest BCUT2D eigenvalue weighted by Crippen LogP contribution is 2.25. The summed E-state index contributed by atoms with van der Waals surface area (Å²) in [6, 6.07) is 8.52. The van der Waals surface area contributed by atoms with Gasteiger partial charge in [-0.05, 0) is 24.3 Å². The van der Waals surface area contributed by atoms with Crippen LogP contribution < -0.4 is 4.90 Å². The molecule has 0 saturated carbocycles. The van der Waals surface area contributed by atoms with Crippen LogP contribution in [-0.2, 0) is 4.74 Å². The standard InChI is InChI=1S/C13H13FN2O2/c14-12-4-1-5-13(15-12)16-6-8-18-11(9-16)10-3-2-7-17-10/h1-5,7,11H,6,8-9H2. The molecule has 4 nitrogen and oxygen atoms in total. The van der Waals surface area contributed by atoms with Gasteiger partial charge in [0.15, 0.2) is 0 Å². The highest BCUT2D eigenvalue weighted by atomic mass is 19.1. The fourth-order valence-electron chi connectivity index (χ4n) is 2.08. The monoisotopic (exact) mass is 248 g/mol. The summed E-state index contributed by atoms with van der Waals surface area (Å²) in [5, 5.41) is 0.